The maximum Gasteiger partial charge on any atom is 0.191 e. The van der Waals surface area contributed by atoms with E-state index in [1.807, 2.05) is 25.1 Å². The van der Waals surface area contributed by atoms with Crippen molar-refractivity contribution >= 4 is 15.8 Å². The molecule has 0 atom stereocenters. The Balaban J connectivity index is 2.06. The van der Waals surface area contributed by atoms with Crippen LogP contribution in [0.15, 0.2) is 52.4 Å². The van der Waals surface area contributed by atoms with Crippen LogP contribution in [0.4, 0.5) is 0 Å². The second-order valence-corrected chi connectivity index (χ2v) is 8.16. The molecule has 0 saturated carbocycles. The number of sulfone groups is 1. The molecule has 0 amide bonds. The molecule has 2 aromatic carbocycles. The minimum Gasteiger partial charge on any atom is -0.497 e. The molecule has 0 aliphatic heterocycles. The summed E-state index contributed by atoms with van der Waals surface area (Å²) in [5.41, 5.74) is 1.90. The first-order valence-electron chi connectivity index (χ1n) is 8.89. The van der Waals surface area contributed by atoms with E-state index in [0.29, 0.717) is 23.9 Å². The zero-order valence-corrected chi connectivity index (χ0v) is 17.5. The number of hydrogen-bond donors (Lipinski definition) is 2. The van der Waals surface area contributed by atoms with Crippen molar-refractivity contribution in [2.75, 3.05) is 27.0 Å². The van der Waals surface area contributed by atoms with Gasteiger partial charge in [0.2, 0.25) is 0 Å². The van der Waals surface area contributed by atoms with Gasteiger partial charge in [0, 0.05) is 31.0 Å². The van der Waals surface area contributed by atoms with Crippen LogP contribution in [-0.2, 0) is 22.9 Å². The molecule has 0 aliphatic rings. The molecule has 152 valence electrons. The van der Waals surface area contributed by atoms with Crippen molar-refractivity contribution in [3.8, 4) is 11.5 Å². The predicted octanol–water partition coefficient (Wildman–Crippen LogP) is 2.36. The molecule has 7 nitrogen and oxygen atoms in total. The van der Waals surface area contributed by atoms with Crippen molar-refractivity contribution in [1.82, 2.24) is 10.6 Å². The molecule has 2 rings (SSSR count). The number of ether oxygens (including phenoxy) is 2. The van der Waals surface area contributed by atoms with Crippen molar-refractivity contribution in [2.45, 2.75) is 24.9 Å². The van der Waals surface area contributed by atoms with Crippen molar-refractivity contribution in [1.29, 1.82) is 0 Å². The van der Waals surface area contributed by atoms with E-state index < -0.39 is 9.84 Å². The molecule has 0 spiro atoms. The third-order valence-electron chi connectivity index (χ3n) is 4.06. The summed E-state index contributed by atoms with van der Waals surface area (Å²) < 4.78 is 33.7. The molecule has 2 N–H and O–H groups in total. The number of nitrogens with one attached hydrogen (secondary N) is 2. The standard InChI is InChI=1S/C20H27N3O4S/c1-5-21-20(22-13-15-6-10-18(11-7-15)28(4,24)25)23-14-16-8-9-17(26-2)12-19(16)27-3/h6-12H,5,13-14H2,1-4H3,(H2,21,22,23). The van der Waals surface area contributed by atoms with Gasteiger partial charge in [-0.25, -0.2) is 13.4 Å². The number of nitrogens with zero attached hydrogens (tertiary/aromatic N) is 1. The first kappa shape index (κ1) is 21.6. The van der Waals surface area contributed by atoms with E-state index in [2.05, 4.69) is 15.6 Å². The van der Waals surface area contributed by atoms with Crippen LogP contribution >= 0.6 is 0 Å². The Bertz CT molecular complexity index is 910. The Morgan fingerprint density at radius 2 is 1.75 bits per heavy atom. The van der Waals surface area contributed by atoms with Gasteiger partial charge >= 0.3 is 0 Å². The molecule has 0 aliphatic carbocycles. The minimum absolute atomic E-state index is 0.303. The first-order valence-corrected chi connectivity index (χ1v) is 10.8. The highest BCUT2D eigenvalue weighted by atomic mass is 32.2. The average Bonchev–Trinajstić information content (AvgIpc) is 2.69. The SMILES string of the molecule is CCNC(=NCc1ccc(S(C)(=O)=O)cc1)NCc1ccc(OC)cc1OC. The molecule has 0 bridgehead atoms. The molecule has 0 aromatic heterocycles. The van der Waals surface area contributed by atoms with Crippen LogP contribution in [0.3, 0.4) is 0 Å². The second kappa shape index (κ2) is 9.98. The van der Waals surface area contributed by atoms with E-state index in [4.69, 9.17) is 9.47 Å². The number of hydrogen-bond acceptors (Lipinski definition) is 5. The minimum atomic E-state index is -3.19. The van der Waals surface area contributed by atoms with E-state index >= 15 is 0 Å². The highest BCUT2D eigenvalue weighted by Gasteiger charge is 2.08. The second-order valence-electron chi connectivity index (χ2n) is 6.14. The molecule has 0 saturated heterocycles. The number of benzene rings is 2. The van der Waals surface area contributed by atoms with Crippen molar-refractivity contribution in [2.24, 2.45) is 4.99 Å². The van der Waals surface area contributed by atoms with Crippen LogP contribution in [-0.4, -0.2) is 41.4 Å². The van der Waals surface area contributed by atoms with Gasteiger partial charge in [-0.05, 0) is 36.8 Å². The largest absolute Gasteiger partial charge is 0.497 e. The zero-order valence-electron chi connectivity index (χ0n) is 16.7. The third-order valence-corrected chi connectivity index (χ3v) is 5.18. The number of guanidine groups is 1. The van der Waals surface area contributed by atoms with E-state index in [0.717, 1.165) is 29.2 Å². The smallest absolute Gasteiger partial charge is 0.191 e. The fraction of sp³-hybridized carbons (Fsp3) is 0.350. The van der Waals surface area contributed by atoms with Crippen molar-refractivity contribution in [3.63, 3.8) is 0 Å². The van der Waals surface area contributed by atoms with Crippen LogP contribution in [0.1, 0.15) is 18.1 Å². The highest BCUT2D eigenvalue weighted by molar-refractivity contribution is 7.90. The van der Waals surface area contributed by atoms with E-state index in [1.165, 1.54) is 6.26 Å². The lowest BCUT2D eigenvalue weighted by molar-refractivity contribution is 0.390. The number of rotatable bonds is 8. The zero-order chi connectivity index (χ0) is 20.6. The van der Waals surface area contributed by atoms with Crippen molar-refractivity contribution < 1.29 is 17.9 Å². The van der Waals surface area contributed by atoms with Gasteiger partial charge in [-0.15, -0.1) is 0 Å². The molecular weight excluding hydrogens is 378 g/mol. The summed E-state index contributed by atoms with van der Waals surface area (Å²) in [5.74, 6) is 2.13. The molecule has 2 aromatic rings. The quantitative estimate of drug-likeness (QED) is 0.518. The van der Waals surface area contributed by atoms with Gasteiger partial charge in [0.1, 0.15) is 11.5 Å². The van der Waals surface area contributed by atoms with E-state index in [-0.39, 0.29) is 0 Å². The monoisotopic (exact) mass is 405 g/mol. The summed E-state index contributed by atoms with van der Waals surface area (Å²) in [6.07, 6.45) is 1.20. The van der Waals surface area contributed by atoms with Crippen LogP contribution in [0.2, 0.25) is 0 Å². The van der Waals surface area contributed by atoms with Gasteiger partial charge in [-0.1, -0.05) is 12.1 Å². The van der Waals surface area contributed by atoms with Gasteiger partial charge < -0.3 is 20.1 Å². The molecule has 8 heteroatoms. The molecule has 0 heterocycles. The van der Waals surface area contributed by atoms with Gasteiger partial charge in [0.15, 0.2) is 15.8 Å². The summed E-state index contributed by atoms with van der Waals surface area (Å²) in [6, 6.07) is 12.4. The summed E-state index contributed by atoms with van der Waals surface area (Å²) in [4.78, 5) is 4.86. The van der Waals surface area contributed by atoms with E-state index in [9.17, 15) is 8.42 Å². The molecular formula is C20H27N3O4S. The Morgan fingerprint density at radius 3 is 2.32 bits per heavy atom. The lowest BCUT2D eigenvalue weighted by Gasteiger charge is -2.14. The fourth-order valence-corrected chi connectivity index (χ4v) is 3.16. The van der Waals surface area contributed by atoms with Crippen LogP contribution in [0, 0.1) is 0 Å². The topological polar surface area (TPSA) is 89.0 Å². The Hall–Kier alpha value is -2.74. The lowest BCUT2D eigenvalue weighted by atomic mass is 10.2. The van der Waals surface area contributed by atoms with Gasteiger partial charge in [0.25, 0.3) is 0 Å². The summed E-state index contributed by atoms with van der Waals surface area (Å²) in [7, 11) is 0.0472. The van der Waals surface area contributed by atoms with Crippen LogP contribution in [0.5, 0.6) is 11.5 Å². The number of methoxy groups -OCH3 is 2. The Kier molecular flexibility index (Phi) is 7.69. The number of aliphatic imine (C=N–C) groups is 1. The average molecular weight is 406 g/mol. The molecule has 0 radical (unpaired) electrons. The maximum absolute atomic E-state index is 11.5. The molecule has 0 fully saturated rings. The fourth-order valence-electron chi connectivity index (χ4n) is 2.53. The lowest BCUT2D eigenvalue weighted by Crippen LogP contribution is -2.36. The van der Waals surface area contributed by atoms with Gasteiger partial charge in [0.05, 0.1) is 25.7 Å². The maximum atomic E-state index is 11.5. The first-order chi connectivity index (χ1) is 13.4. The van der Waals surface area contributed by atoms with Gasteiger partial charge in [-0.2, -0.15) is 0 Å². The summed E-state index contributed by atoms with van der Waals surface area (Å²) in [6.45, 7) is 3.68. The van der Waals surface area contributed by atoms with Gasteiger partial charge in [-0.3, -0.25) is 0 Å². The third kappa shape index (κ3) is 6.16. The normalized spacial score (nSPS) is 11.8. The molecule has 28 heavy (non-hydrogen) atoms. The summed E-state index contributed by atoms with van der Waals surface area (Å²) in [5, 5.41) is 6.47. The van der Waals surface area contributed by atoms with Crippen LogP contribution in [0.25, 0.3) is 0 Å². The summed E-state index contributed by atoms with van der Waals surface area (Å²) >= 11 is 0. The predicted molar refractivity (Wildman–Crippen MR) is 111 cm³/mol. The Morgan fingerprint density at radius 1 is 1.04 bits per heavy atom. The highest BCUT2D eigenvalue weighted by Crippen LogP contribution is 2.24. The molecule has 0 unspecified atom stereocenters. The Labute approximate surface area is 166 Å². The van der Waals surface area contributed by atoms with Crippen LogP contribution < -0.4 is 20.1 Å². The van der Waals surface area contributed by atoms with E-state index in [1.54, 1.807) is 38.5 Å². The van der Waals surface area contributed by atoms with Crippen molar-refractivity contribution in [3.05, 3.63) is 53.6 Å².